The van der Waals surface area contributed by atoms with Gasteiger partial charge in [-0.25, -0.2) is 0 Å². The molecule has 0 saturated carbocycles. The molecule has 2 aliphatic rings. The topological polar surface area (TPSA) is 6.48 Å². The zero-order chi connectivity index (χ0) is 35.5. The minimum Gasteiger partial charge on any atom is -0.310 e. The molecule has 0 aromatic heterocycles. The van der Waals surface area contributed by atoms with Crippen molar-refractivity contribution >= 4 is 50.1 Å². The summed E-state index contributed by atoms with van der Waals surface area (Å²) in [4.78, 5) is 4.73. The molecule has 10 rings (SSSR count). The van der Waals surface area contributed by atoms with Crippen molar-refractivity contribution in [3.63, 3.8) is 0 Å². The van der Waals surface area contributed by atoms with Crippen LogP contribution in [0.1, 0.15) is 27.8 Å². The molecule has 0 N–H and O–H groups in total. The Balaban J connectivity index is 1.21. The number of aryl methyl sites for hydroxylation is 1. The molecule has 0 aliphatic heterocycles. The van der Waals surface area contributed by atoms with E-state index in [1.54, 1.807) is 0 Å². The lowest BCUT2D eigenvalue weighted by Crippen LogP contribution is -2.26. The Morgan fingerprint density at radius 1 is 0.340 bits per heavy atom. The smallest absolute Gasteiger partial charge is 0.0726 e. The minimum absolute atomic E-state index is 0.421. The molecule has 8 aromatic rings. The summed E-state index contributed by atoms with van der Waals surface area (Å²) in [5, 5.41) is 0. The molecule has 2 nitrogen and oxygen atoms in total. The predicted octanol–water partition coefficient (Wildman–Crippen LogP) is 14.0. The van der Waals surface area contributed by atoms with E-state index in [2.05, 4.69) is 227 Å². The fraction of sp³-hybridized carbons (Fsp3) is 0.0400. The first-order chi connectivity index (χ1) is 26.1. The third-order valence-corrected chi connectivity index (χ3v) is 11.4. The monoisotopic (exact) mass is 742 g/mol. The van der Waals surface area contributed by atoms with E-state index in [0.717, 1.165) is 38.6 Å². The number of benzene rings is 8. The molecule has 0 fully saturated rings. The average molecular weight is 744 g/mol. The highest BCUT2D eigenvalue weighted by atomic mass is 79.9. The maximum Gasteiger partial charge on any atom is 0.0726 e. The van der Waals surface area contributed by atoms with Crippen LogP contribution in [-0.2, 0) is 5.41 Å². The Labute approximate surface area is 319 Å². The van der Waals surface area contributed by atoms with Crippen LogP contribution >= 0.6 is 15.9 Å². The van der Waals surface area contributed by atoms with Gasteiger partial charge in [-0.1, -0.05) is 149 Å². The summed E-state index contributed by atoms with van der Waals surface area (Å²) in [5.41, 5.74) is 17.9. The van der Waals surface area contributed by atoms with Gasteiger partial charge in [0, 0.05) is 38.6 Å². The highest BCUT2D eigenvalue weighted by molar-refractivity contribution is 9.10. The van der Waals surface area contributed by atoms with Crippen molar-refractivity contribution in [3.8, 4) is 22.3 Å². The molecule has 252 valence electrons. The van der Waals surface area contributed by atoms with Gasteiger partial charge in [0.15, 0.2) is 0 Å². The molecular formula is C50H35BrN2. The summed E-state index contributed by atoms with van der Waals surface area (Å²) in [6.45, 7) is 2.13. The molecule has 0 unspecified atom stereocenters. The van der Waals surface area contributed by atoms with Crippen molar-refractivity contribution in [2.24, 2.45) is 0 Å². The number of rotatable bonds is 6. The van der Waals surface area contributed by atoms with E-state index in [0.29, 0.717) is 0 Å². The van der Waals surface area contributed by atoms with Crippen LogP contribution in [0.4, 0.5) is 34.1 Å². The largest absolute Gasteiger partial charge is 0.310 e. The van der Waals surface area contributed by atoms with Crippen molar-refractivity contribution in [3.05, 3.63) is 226 Å². The van der Waals surface area contributed by atoms with Crippen LogP contribution in [0.3, 0.4) is 0 Å². The number of fused-ring (bicyclic) bond motifs is 10. The van der Waals surface area contributed by atoms with Gasteiger partial charge in [-0.2, -0.15) is 0 Å². The van der Waals surface area contributed by atoms with Crippen molar-refractivity contribution < 1.29 is 0 Å². The van der Waals surface area contributed by atoms with Gasteiger partial charge in [0.05, 0.1) is 5.41 Å². The molecule has 0 radical (unpaired) electrons. The molecule has 0 bridgehead atoms. The predicted molar refractivity (Wildman–Crippen MR) is 225 cm³/mol. The van der Waals surface area contributed by atoms with Crippen LogP contribution in [0.25, 0.3) is 22.3 Å². The lowest BCUT2D eigenvalue weighted by molar-refractivity contribution is 0.793. The van der Waals surface area contributed by atoms with E-state index in [1.165, 1.54) is 50.1 Å². The molecule has 0 amide bonds. The van der Waals surface area contributed by atoms with Gasteiger partial charge in [0.25, 0.3) is 0 Å². The second-order valence-corrected chi connectivity index (χ2v) is 14.9. The summed E-state index contributed by atoms with van der Waals surface area (Å²) < 4.78 is 1.00. The quantitative estimate of drug-likeness (QED) is 0.167. The summed E-state index contributed by atoms with van der Waals surface area (Å²) in [5.74, 6) is 0. The van der Waals surface area contributed by atoms with Gasteiger partial charge in [0.1, 0.15) is 0 Å². The zero-order valence-electron chi connectivity index (χ0n) is 29.2. The molecule has 0 saturated heterocycles. The summed E-state index contributed by atoms with van der Waals surface area (Å²) >= 11 is 3.95. The summed E-state index contributed by atoms with van der Waals surface area (Å²) in [6.07, 6.45) is 0. The van der Waals surface area contributed by atoms with E-state index < -0.39 is 5.41 Å². The van der Waals surface area contributed by atoms with Crippen molar-refractivity contribution in [2.45, 2.75) is 12.3 Å². The Bertz CT molecular complexity index is 2580. The van der Waals surface area contributed by atoms with Crippen LogP contribution in [0, 0.1) is 6.92 Å². The van der Waals surface area contributed by atoms with Crippen LogP contribution in [-0.4, -0.2) is 0 Å². The van der Waals surface area contributed by atoms with Crippen LogP contribution in [0.5, 0.6) is 0 Å². The minimum atomic E-state index is -0.421. The van der Waals surface area contributed by atoms with Gasteiger partial charge < -0.3 is 9.80 Å². The van der Waals surface area contributed by atoms with Gasteiger partial charge >= 0.3 is 0 Å². The van der Waals surface area contributed by atoms with Gasteiger partial charge in [-0.3, -0.25) is 0 Å². The second kappa shape index (κ2) is 12.5. The van der Waals surface area contributed by atoms with Crippen LogP contribution < -0.4 is 9.80 Å². The summed E-state index contributed by atoms with van der Waals surface area (Å²) in [6, 6.07) is 71.0. The lowest BCUT2D eigenvalue weighted by Gasteiger charge is -2.33. The molecule has 2 aliphatic carbocycles. The van der Waals surface area contributed by atoms with Crippen LogP contribution in [0.2, 0.25) is 0 Å². The Morgan fingerprint density at radius 3 is 1.25 bits per heavy atom. The fourth-order valence-electron chi connectivity index (χ4n) is 8.78. The normalized spacial score (nSPS) is 12.9. The summed E-state index contributed by atoms with van der Waals surface area (Å²) in [7, 11) is 0. The highest BCUT2D eigenvalue weighted by Gasteiger charge is 2.51. The Hall–Kier alpha value is -6.16. The molecule has 0 atom stereocenters. The number of hydrogen-bond acceptors (Lipinski definition) is 2. The molecule has 1 spiro atoms. The number of para-hydroxylation sites is 2. The van der Waals surface area contributed by atoms with Gasteiger partial charge in [-0.05, 0) is 118 Å². The van der Waals surface area contributed by atoms with E-state index in [9.17, 15) is 0 Å². The van der Waals surface area contributed by atoms with Gasteiger partial charge in [-0.15, -0.1) is 0 Å². The highest BCUT2D eigenvalue weighted by Crippen LogP contribution is 2.63. The van der Waals surface area contributed by atoms with Crippen molar-refractivity contribution in [2.75, 3.05) is 9.80 Å². The maximum absolute atomic E-state index is 3.95. The van der Waals surface area contributed by atoms with Crippen molar-refractivity contribution in [1.29, 1.82) is 0 Å². The van der Waals surface area contributed by atoms with E-state index in [-0.39, 0.29) is 0 Å². The Morgan fingerprint density at radius 2 is 0.736 bits per heavy atom. The first-order valence-electron chi connectivity index (χ1n) is 18.1. The first-order valence-corrected chi connectivity index (χ1v) is 18.9. The molecule has 8 aromatic carbocycles. The van der Waals surface area contributed by atoms with Gasteiger partial charge in [0.2, 0.25) is 0 Å². The number of nitrogens with zero attached hydrogens (tertiary/aromatic N) is 2. The third-order valence-electron chi connectivity index (χ3n) is 10.9. The zero-order valence-corrected chi connectivity index (χ0v) is 30.8. The number of hydrogen-bond donors (Lipinski definition) is 0. The fourth-order valence-corrected chi connectivity index (χ4v) is 9.25. The molecule has 0 heterocycles. The van der Waals surface area contributed by atoms with Crippen molar-refractivity contribution in [1.82, 2.24) is 0 Å². The molecular weight excluding hydrogens is 708 g/mol. The first kappa shape index (κ1) is 31.6. The SMILES string of the molecule is Cc1ccc(N(c2ccccc2)c2cc(Br)cc(N(c3ccccc3)c3ccc4c(c3)C3(c5ccccc5-c5ccccc53)c3ccccc3-4)c2)cc1. The third kappa shape index (κ3) is 4.92. The van der Waals surface area contributed by atoms with E-state index in [1.807, 2.05) is 0 Å². The molecule has 53 heavy (non-hydrogen) atoms. The number of halogens is 1. The van der Waals surface area contributed by atoms with E-state index in [4.69, 9.17) is 0 Å². The van der Waals surface area contributed by atoms with Crippen LogP contribution in [0.15, 0.2) is 199 Å². The maximum atomic E-state index is 3.95. The standard InChI is InChI=1S/C50H35BrN2/c1-34-24-26-38(27-25-34)52(36-14-4-2-5-15-36)40-30-35(51)31-41(32-40)53(37-16-6-3-7-17-37)39-28-29-45-44-20-10-13-23-48(44)50(49(45)33-39)46-21-11-8-18-42(46)43-19-9-12-22-47(43)50/h2-33H,1H3. The van der Waals surface area contributed by atoms with E-state index >= 15 is 0 Å². The number of anilines is 6. The lowest BCUT2D eigenvalue weighted by atomic mass is 9.70. The second-order valence-electron chi connectivity index (χ2n) is 14.0. The molecule has 3 heteroatoms. The Kier molecular flexibility index (Phi) is 7.45. The average Bonchev–Trinajstić information content (AvgIpc) is 3.67.